The summed E-state index contributed by atoms with van der Waals surface area (Å²) in [5.74, 6) is 0.662. The van der Waals surface area contributed by atoms with Crippen LogP contribution in [0, 0.1) is 5.92 Å². The Bertz CT molecular complexity index is 164. The molecule has 1 N–H and O–H groups in total. The van der Waals surface area contributed by atoms with E-state index in [9.17, 15) is 4.79 Å². The van der Waals surface area contributed by atoms with Crippen molar-refractivity contribution in [2.45, 2.75) is 25.7 Å². The third-order valence-electron chi connectivity index (χ3n) is 2.72. The van der Waals surface area contributed by atoms with E-state index >= 15 is 0 Å². The number of hydrogen-bond acceptors (Lipinski definition) is 3. The lowest BCUT2D eigenvalue weighted by Gasteiger charge is -2.16. The second kappa shape index (κ2) is 5.35. The molecule has 0 aromatic heterocycles. The highest BCUT2D eigenvalue weighted by Gasteiger charge is 2.22. The molecule has 1 aliphatic rings. The minimum Gasteiger partial charge on any atom is -0.395 e. The minimum atomic E-state index is 0.133. The van der Waals surface area contributed by atoms with Gasteiger partial charge in [0.25, 0.3) is 0 Å². The summed E-state index contributed by atoms with van der Waals surface area (Å²) in [5.41, 5.74) is 0. The summed E-state index contributed by atoms with van der Waals surface area (Å²) in [6.07, 6.45) is 4.57. The second-order valence-corrected chi connectivity index (χ2v) is 3.91. The van der Waals surface area contributed by atoms with Crippen LogP contribution in [0.2, 0.25) is 0 Å². The van der Waals surface area contributed by atoms with Crippen LogP contribution in [0.25, 0.3) is 0 Å². The van der Waals surface area contributed by atoms with Gasteiger partial charge >= 0.3 is 0 Å². The Hall–Kier alpha value is -0.410. The first kappa shape index (κ1) is 10.7. The molecule has 1 fully saturated rings. The van der Waals surface area contributed by atoms with E-state index in [0.29, 0.717) is 24.8 Å². The van der Waals surface area contributed by atoms with Crippen LogP contribution in [0.4, 0.5) is 0 Å². The molecule has 76 valence electrons. The SMILES string of the molecule is CN(CCO)CC(=O)C1CCCC1. The molecule has 3 nitrogen and oxygen atoms in total. The van der Waals surface area contributed by atoms with Crippen molar-refractivity contribution in [1.29, 1.82) is 0 Å². The molecule has 0 radical (unpaired) electrons. The number of nitrogens with zero attached hydrogens (tertiary/aromatic N) is 1. The van der Waals surface area contributed by atoms with Crippen molar-refractivity contribution in [2.24, 2.45) is 5.92 Å². The van der Waals surface area contributed by atoms with Crippen LogP contribution in [-0.2, 0) is 4.79 Å². The quantitative estimate of drug-likeness (QED) is 0.684. The largest absolute Gasteiger partial charge is 0.395 e. The number of carbonyl (C=O) groups is 1. The second-order valence-electron chi connectivity index (χ2n) is 3.91. The molecule has 1 aliphatic carbocycles. The number of aliphatic hydroxyl groups is 1. The van der Waals surface area contributed by atoms with Gasteiger partial charge in [0.1, 0.15) is 5.78 Å². The van der Waals surface area contributed by atoms with Crippen molar-refractivity contribution in [3.8, 4) is 0 Å². The first-order valence-electron chi connectivity index (χ1n) is 5.06. The molecule has 0 aliphatic heterocycles. The zero-order valence-corrected chi connectivity index (χ0v) is 8.33. The van der Waals surface area contributed by atoms with Gasteiger partial charge in [0.15, 0.2) is 0 Å². The third kappa shape index (κ3) is 3.44. The van der Waals surface area contributed by atoms with E-state index in [-0.39, 0.29) is 6.61 Å². The van der Waals surface area contributed by atoms with Gasteiger partial charge in [0, 0.05) is 12.5 Å². The molecule has 0 heterocycles. The lowest BCUT2D eigenvalue weighted by Crippen LogP contribution is -2.31. The summed E-state index contributed by atoms with van der Waals surface area (Å²) >= 11 is 0. The van der Waals surface area contributed by atoms with Crippen molar-refractivity contribution in [1.82, 2.24) is 4.90 Å². The first-order valence-corrected chi connectivity index (χ1v) is 5.06. The van der Waals surface area contributed by atoms with Crippen molar-refractivity contribution in [3.63, 3.8) is 0 Å². The molecule has 0 atom stereocenters. The van der Waals surface area contributed by atoms with Crippen molar-refractivity contribution < 1.29 is 9.90 Å². The van der Waals surface area contributed by atoms with Gasteiger partial charge in [-0.1, -0.05) is 12.8 Å². The van der Waals surface area contributed by atoms with E-state index in [1.165, 1.54) is 12.8 Å². The molecule has 0 unspecified atom stereocenters. The average Bonchev–Trinajstić information content (AvgIpc) is 2.55. The van der Waals surface area contributed by atoms with E-state index in [1.807, 2.05) is 11.9 Å². The van der Waals surface area contributed by atoms with Crippen molar-refractivity contribution >= 4 is 5.78 Å². The number of aliphatic hydroxyl groups excluding tert-OH is 1. The highest BCUT2D eigenvalue weighted by atomic mass is 16.3. The van der Waals surface area contributed by atoms with E-state index in [2.05, 4.69) is 0 Å². The summed E-state index contributed by atoms with van der Waals surface area (Å²) in [6, 6.07) is 0. The van der Waals surface area contributed by atoms with Crippen LogP contribution in [0.3, 0.4) is 0 Å². The Morgan fingerprint density at radius 3 is 2.62 bits per heavy atom. The van der Waals surface area contributed by atoms with Gasteiger partial charge in [-0.3, -0.25) is 9.69 Å². The maximum absolute atomic E-state index is 11.6. The number of carbonyl (C=O) groups excluding carboxylic acids is 1. The van der Waals surface area contributed by atoms with Crippen LogP contribution in [0.5, 0.6) is 0 Å². The van der Waals surface area contributed by atoms with Crippen LogP contribution in [0.15, 0.2) is 0 Å². The predicted molar refractivity (Wildman–Crippen MR) is 51.5 cm³/mol. The molecule has 0 saturated heterocycles. The van der Waals surface area contributed by atoms with E-state index in [0.717, 1.165) is 12.8 Å². The fourth-order valence-corrected chi connectivity index (χ4v) is 1.89. The standard InChI is InChI=1S/C10H19NO2/c1-11(6-7-12)8-10(13)9-4-2-3-5-9/h9,12H,2-8H2,1H3. The van der Waals surface area contributed by atoms with Gasteiger partial charge in [0.05, 0.1) is 13.2 Å². The van der Waals surface area contributed by atoms with Gasteiger partial charge < -0.3 is 5.11 Å². The molecule has 0 bridgehead atoms. The molecule has 3 heteroatoms. The number of hydrogen-bond donors (Lipinski definition) is 1. The molecule has 0 aromatic carbocycles. The molecule has 0 amide bonds. The van der Waals surface area contributed by atoms with Crippen LogP contribution in [-0.4, -0.2) is 42.5 Å². The third-order valence-corrected chi connectivity index (χ3v) is 2.72. The van der Waals surface area contributed by atoms with Gasteiger partial charge in [-0.05, 0) is 19.9 Å². The van der Waals surface area contributed by atoms with Crippen LogP contribution < -0.4 is 0 Å². The molecule has 0 spiro atoms. The van der Waals surface area contributed by atoms with Crippen molar-refractivity contribution in [2.75, 3.05) is 26.7 Å². The number of Topliss-reactive ketones (excluding diaryl/α,β-unsaturated/α-hetero) is 1. The number of ketones is 1. The summed E-state index contributed by atoms with van der Waals surface area (Å²) in [6.45, 7) is 1.23. The smallest absolute Gasteiger partial charge is 0.149 e. The summed E-state index contributed by atoms with van der Waals surface area (Å²) in [5, 5.41) is 8.66. The van der Waals surface area contributed by atoms with Gasteiger partial charge in [-0.25, -0.2) is 0 Å². The highest BCUT2D eigenvalue weighted by Crippen LogP contribution is 2.25. The Kier molecular flexibility index (Phi) is 4.39. The van der Waals surface area contributed by atoms with Gasteiger partial charge in [-0.15, -0.1) is 0 Å². The van der Waals surface area contributed by atoms with Crippen LogP contribution in [0.1, 0.15) is 25.7 Å². The zero-order chi connectivity index (χ0) is 9.68. The summed E-state index contributed by atoms with van der Waals surface area (Å²) in [4.78, 5) is 13.5. The summed E-state index contributed by atoms with van der Waals surface area (Å²) < 4.78 is 0. The average molecular weight is 185 g/mol. The monoisotopic (exact) mass is 185 g/mol. The predicted octanol–water partition coefficient (Wildman–Crippen LogP) is 0.670. The molecule has 0 aromatic rings. The zero-order valence-electron chi connectivity index (χ0n) is 8.33. The van der Waals surface area contributed by atoms with Crippen molar-refractivity contribution in [3.05, 3.63) is 0 Å². The normalized spacial score (nSPS) is 18.4. The number of likely N-dealkylation sites (N-methyl/N-ethyl adjacent to an activating group) is 1. The van der Waals surface area contributed by atoms with Gasteiger partial charge in [-0.2, -0.15) is 0 Å². The number of rotatable bonds is 5. The molecule has 1 saturated carbocycles. The summed E-state index contributed by atoms with van der Waals surface area (Å²) in [7, 11) is 1.88. The Labute approximate surface area is 79.7 Å². The Morgan fingerprint density at radius 1 is 1.46 bits per heavy atom. The van der Waals surface area contributed by atoms with E-state index in [1.54, 1.807) is 0 Å². The minimum absolute atomic E-state index is 0.133. The van der Waals surface area contributed by atoms with Gasteiger partial charge in [0.2, 0.25) is 0 Å². The van der Waals surface area contributed by atoms with E-state index < -0.39 is 0 Å². The Morgan fingerprint density at radius 2 is 2.08 bits per heavy atom. The molecular weight excluding hydrogens is 166 g/mol. The lowest BCUT2D eigenvalue weighted by molar-refractivity contribution is -0.123. The molecule has 13 heavy (non-hydrogen) atoms. The highest BCUT2D eigenvalue weighted by molar-refractivity contribution is 5.83. The van der Waals surface area contributed by atoms with E-state index in [4.69, 9.17) is 5.11 Å². The van der Waals surface area contributed by atoms with Crippen LogP contribution >= 0.6 is 0 Å². The topological polar surface area (TPSA) is 40.5 Å². The fraction of sp³-hybridized carbons (Fsp3) is 0.900. The molecule has 1 rings (SSSR count). The lowest BCUT2D eigenvalue weighted by atomic mass is 10.0. The fourth-order valence-electron chi connectivity index (χ4n) is 1.89. The first-order chi connectivity index (χ1) is 6.24. The maximum Gasteiger partial charge on any atom is 0.149 e. The molecular formula is C10H19NO2. The maximum atomic E-state index is 11.6. The Balaban J connectivity index is 2.23.